The Morgan fingerprint density at radius 2 is 1.50 bits per heavy atom. The number of nitriles is 1. The molecule has 0 saturated heterocycles. The second-order valence-corrected chi connectivity index (χ2v) is 4.13. The number of carbonyl (C=O) groups excluding carboxylic acids is 1. The molecule has 0 N–H and O–H groups in total. The Labute approximate surface area is 109 Å². The number of rotatable bonds is 2. The lowest BCUT2D eigenvalue weighted by Gasteiger charge is -1.96. The van der Waals surface area contributed by atoms with Crippen LogP contribution in [-0.2, 0) is 4.79 Å². The standard InChI is InChI=1S/C10H8.C4H3NO2S/c1-2-6-10-8-4-3-7-9(10)5-1;1-3(4(6)7)8-2-5/h1-8H;1H2,(H,6,7)/p-1. The van der Waals surface area contributed by atoms with Gasteiger partial charge in [-0.3, -0.25) is 0 Å². The van der Waals surface area contributed by atoms with E-state index in [1.54, 1.807) is 5.40 Å². The van der Waals surface area contributed by atoms with Crippen LogP contribution in [0.25, 0.3) is 10.8 Å². The molecule has 0 aliphatic rings. The molecule has 3 nitrogen and oxygen atoms in total. The third kappa shape index (κ3) is 4.32. The highest BCUT2D eigenvalue weighted by molar-refractivity contribution is 8.08. The highest BCUT2D eigenvalue weighted by Crippen LogP contribution is 2.11. The summed E-state index contributed by atoms with van der Waals surface area (Å²) in [6.07, 6.45) is 0. The van der Waals surface area contributed by atoms with E-state index < -0.39 is 5.97 Å². The van der Waals surface area contributed by atoms with Crippen molar-refractivity contribution in [2.75, 3.05) is 0 Å². The lowest BCUT2D eigenvalue weighted by Crippen LogP contribution is -2.22. The summed E-state index contributed by atoms with van der Waals surface area (Å²) in [7, 11) is 0. The fourth-order valence-corrected chi connectivity index (χ4v) is 1.42. The van der Waals surface area contributed by atoms with E-state index >= 15 is 0 Å². The number of benzene rings is 2. The molecule has 2 aromatic rings. The zero-order valence-electron chi connectivity index (χ0n) is 9.50. The first-order chi connectivity index (χ1) is 8.65. The maximum atomic E-state index is 9.71. The normalized spacial score (nSPS) is 8.83. The van der Waals surface area contributed by atoms with Gasteiger partial charge in [-0.05, 0) is 22.5 Å². The van der Waals surface area contributed by atoms with Crippen molar-refractivity contribution in [1.82, 2.24) is 0 Å². The van der Waals surface area contributed by atoms with Crippen LogP contribution in [0.2, 0.25) is 0 Å². The van der Waals surface area contributed by atoms with E-state index in [9.17, 15) is 9.90 Å². The maximum absolute atomic E-state index is 9.71. The van der Waals surface area contributed by atoms with Gasteiger partial charge in [0.15, 0.2) is 0 Å². The fourth-order valence-electron chi connectivity index (χ4n) is 1.23. The van der Waals surface area contributed by atoms with Crippen molar-refractivity contribution in [1.29, 1.82) is 5.26 Å². The van der Waals surface area contributed by atoms with Gasteiger partial charge in [-0.15, -0.1) is 0 Å². The van der Waals surface area contributed by atoms with Crippen LogP contribution in [0.15, 0.2) is 60.0 Å². The molecule has 0 radical (unpaired) electrons. The molecule has 0 fully saturated rings. The number of aliphatic carboxylic acids is 1. The number of carboxylic acid groups (broad SMARTS) is 1. The van der Waals surface area contributed by atoms with E-state index in [0.29, 0.717) is 11.8 Å². The van der Waals surface area contributed by atoms with Gasteiger partial charge in [0, 0.05) is 4.91 Å². The summed E-state index contributed by atoms with van der Waals surface area (Å²) in [5.41, 5.74) is 0. The van der Waals surface area contributed by atoms with Crippen molar-refractivity contribution in [3.05, 3.63) is 60.0 Å². The maximum Gasteiger partial charge on any atom is 0.138 e. The number of carboxylic acids is 1. The quantitative estimate of drug-likeness (QED) is 0.611. The molecule has 0 unspecified atom stereocenters. The molecule has 0 spiro atoms. The number of carbonyl (C=O) groups is 1. The molecular formula is C14H10NO2S-. The number of fused-ring (bicyclic) bond motifs is 1. The van der Waals surface area contributed by atoms with Crippen LogP contribution in [-0.4, -0.2) is 5.97 Å². The molecular weight excluding hydrogens is 246 g/mol. The Hall–Kier alpha value is -2.25. The first-order valence-corrected chi connectivity index (χ1v) is 5.86. The largest absolute Gasteiger partial charge is 0.544 e. The predicted octanol–water partition coefficient (Wildman–Crippen LogP) is 2.30. The lowest BCUT2D eigenvalue weighted by molar-refractivity contribution is -0.298. The summed E-state index contributed by atoms with van der Waals surface area (Å²) in [5.74, 6) is -1.39. The Balaban J connectivity index is 0.000000187. The highest BCUT2D eigenvalue weighted by Gasteiger charge is 1.90. The molecule has 0 aliphatic carbocycles. The van der Waals surface area contributed by atoms with Crippen LogP contribution in [0.5, 0.6) is 0 Å². The van der Waals surface area contributed by atoms with Crippen LogP contribution in [0.3, 0.4) is 0 Å². The third-order valence-electron chi connectivity index (χ3n) is 2.06. The average molecular weight is 256 g/mol. The molecule has 18 heavy (non-hydrogen) atoms. The first-order valence-electron chi connectivity index (χ1n) is 5.05. The van der Waals surface area contributed by atoms with Gasteiger partial charge in [-0.25, -0.2) is 0 Å². The third-order valence-corrected chi connectivity index (χ3v) is 2.56. The van der Waals surface area contributed by atoms with E-state index in [-0.39, 0.29) is 4.91 Å². The summed E-state index contributed by atoms with van der Waals surface area (Å²) >= 11 is 0.488. The molecule has 2 aromatic carbocycles. The summed E-state index contributed by atoms with van der Waals surface area (Å²) in [6.45, 7) is 3.02. The summed E-state index contributed by atoms with van der Waals surface area (Å²) in [4.78, 5) is 9.45. The number of thiocyanates is 1. The van der Waals surface area contributed by atoms with Gasteiger partial charge in [0.05, 0.1) is 5.97 Å². The summed E-state index contributed by atoms with van der Waals surface area (Å²) < 4.78 is 0. The van der Waals surface area contributed by atoms with Gasteiger partial charge in [-0.2, -0.15) is 5.26 Å². The van der Waals surface area contributed by atoms with Gasteiger partial charge < -0.3 is 9.90 Å². The van der Waals surface area contributed by atoms with Gasteiger partial charge in [0.1, 0.15) is 5.40 Å². The molecule has 4 heteroatoms. The van der Waals surface area contributed by atoms with Crippen molar-refractivity contribution >= 4 is 28.5 Å². The molecule has 0 bridgehead atoms. The molecule has 0 atom stereocenters. The number of thioether (sulfide) groups is 1. The Morgan fingerprint density at radius 1 is 1.11 bits per heavy atom. The molecule has 0 saturated carbocycles. The van der Waals surface area contributed by atoms with E-state index in [0.717, 1.165) is 0 Å². The SMILES string of the molecule is C=C(SC#N)C(=O)[O-].c1ccc2ccccc2c1. The van der Waals surface area contributed by atoms with Gasteiger partial charge in [0.2, 0.25) is 0 Å². The summed E-state index contributed by atoms with van der Waals surface area (Å²) in [6, 6.07) is 16.7. The van der Waals surface area contributed by atoms with Crippen molar-refractivity contribution in [3.8, 4) is 5.40 Å². The topological polar surface area (TPSA) is 63.9 Å². The average Bonchev–Trinajstić information content (AvgIpc) is 2.40. The smallest absolute Gasteiger partial charge is 0.138 e. The van der Waals surface area contributed by atoms with E-state index in [1.807, 2.05) is 0 Å². The molecule has 0 heterocycles. The monoisotopic (exact) mass is 256 g/mol. The number of hydrogen-bond donors (Lipinski definition) is 0. The first kappa shape index (κ1) is 13.8. The van der Waals surface area contributed by atoms with E-state index in [1.165, 1.54) is 10.8 Å². The van der Waals surface area contributed by atoms with E-state index in [2.05, 4.69) is 55.1 Å². The number of hydrogen-bond acceptors (Lipinski definition) is 4. The minimum atomic E-state index is -1.39. The highest BCUT2D eigenvalue weighted by atomic mass is 32.2. The van der Waals surface area contributed by atoms with Crippen molar-refractivity contribution in [2.45, 2.75) is 0 Å². The molecule has 0 aromatic heterocycles. The molecule has 90 valence electrons. The van der Waals surface area contributed by atoms with Crippen molar-refractivity contribution in [3.63, 3.8) is 0 Å². The molecule has 0 amide bonds. The van der Waals surface area contributed by atoms with Gasteiger partial charge in [0.25, 0.3) is 0 Å². The second kappa shape index (κ2) is 7.15. The van der Waals surface area contributed by atoms with Crippen LogP contribution in [0.1, 0.15) is 0 Å². The molecule has 0 aliphatic heterocycles. The van der Waals surface area contributed by atoms with Crippen molar-refractivity contribution < 1.29 is 9.90 Å². The van der Waals surface area contributed by atoms with Gasteiger partial charge in [-0.1, -0.05) is 55.1 Å². The van der Waals surface area contributed by atoms with Crippen LogP contribution in [0.4, 0.5) is 0 Å². The number of nitrogens with zero attached hydrogens (tertiary/aromatic N) is 1. The zero-order valence-corrected chi connectivity index (χ0v) is 10.3. The van der Waals surface area contributed by atoms with E-state index in [4.69, 9.17) is 5.26 Å². The Morgan fingerprint density at radius 3 is 1.72 bits per heavy atom. The second-order valence-electron chi connectivity index (χ2n) is 3.25. The lowest BCUT2D eigenvalue weighted by atomic mass is 10.1. The zero-order chi connectivity index (χ0) is 13.4. The minimum Gasteiger partial charge on any atom is -0.544 e. The Kier molecular flexibility index (Phi) is 5.49. The minimum absolute atomic E-state index is 0.257. The van der Waals surface area contributed by atoms with Crippen molar-refractivity contribution in [2.24, 2.45) is 0 Å². The Bertz CT molecular complexity index is 537. The molecule has 2 rings (SSSR count). The van der Waals surface area contributed by atoms with Crippen LogP contribution < -0.4 is 5.11 Å². The van der Waals surface area contributed by atoms with Gasteiger partial charge >= 0.3 is 0 Å². The summed E-state index contributed by atoms with van der Waals surface area (Å²) in [5, 5.41) is 21.7. The van der Waals surface area contributed by atoms with Crippen LogP contribution in [0, 0.1) is 10.7 Å². The van der Waals surface area contributed by atoms with Crippen LogP contribution >= 0.6 is 11.8 Å². The fraction of sp³-hybridized carbons (Fsp3) is 0. The predicted molar refractivity (Wildman–Crippen MR) is 71.3 cm³/mol.